The molecule has 2 amide bonds. The number of rotatable bonds is 6. The van der Waals surface area contributed by atoms with Gasteiger partial charge >= 0.3 is 6.09 Å². The van der Waals surface area contributed by atoms with Crippen LogP contribution in [0.4, 0.5) is 4.79 Å². The van der Waals surface area contributed by atoms with Gasteiger partial charge in [-0.1, -0.05) is 12.2 Å². The van der Waals surface area contributed by atoms with E-state index in [0.29, 0.717) is 37.6 Å². The molecule has 2 atom stereocenters. The Morgan fingerprint density at radius 3 is 2.90 bits per heavy atom. The third-order valence-electron chi connectivity index (χ3n) is 5.28. The van der Waals surface area contributed by atoms with Gasteiger partial charge in [0.25, 0.3) is 0 Å². The lowest BCUT2D eigenvalue weighted by Gasteiger charge is -2.43. The number of methoxy groups -OCH3 is 1. The van der Waals surface area contributed by atoms with Crippen LogP contribution in [0.15, 0.2) is 43.5 Å². The van der Waals surface area contributed by atoms with Crippen molar-refractivity contribution in [3.8, 4) is 11.5 Å². The summed E-state index contributed by atoms with van der Waals surface area (Å²) < 4.78 is 16.7. The van der Waals surface area contributed by atoms with E-state index < -0.39 is 6.09 Å². The van der Waals surface area contributed by atoms with Crippen LogP contribution >= 0.6 is 0 Å². The molecule has 2 aliphatic rings. The van der Waals surface area contributed by atoms with E-state index in [0.717, 1.165) is 5.56 Å². The summed E-state index contributed by atoms with van der Waals surface area (Å²) in [5.41, 5.74) is 0.899. The number of hydrogen-bond donors (Lipinski definition) is 0. The summed E-state index contributed by atoms with van der Waals surface area (Å²) in [4.78, 5) is 29.0. The molecule has 1 aromatic rings. The smallest absolute Gasteiger partial charge is 0.410 e. The Hall–Kier alpha value is -2.96. The van der Waals surface area contributed by atoms with Crippen molar-refractivity contribution in [2.24, 2.45) is 5.92 Å². The minimum absolute atomic E-state index is 0.00670. The number of ether oxygens (including phenoxy) is 3. The second kappa shape index (κ2) is 9.49. The van der Waals surface area contributed by atoms with Gasteiger partial charge in [0, 0.05) is 43.6 Å². The van der Waals surface area contributed by atoms with Gasteiger partial charge in [0.15, 0.2) is 0 Å². The highest BCUT2D eigenvalue weighted by Crippen LogP contribution is 2.42. The number of amides is 2. The lowest BCUT2D eigenvalue weighted by atomic mass is 9.87. The van der Waals surface area contributed by atoms with E-state index in [1.807, 2.05) is 18.2 Å². The van der Waals surface area contributed by atoms with Crippen molar-refractivity contribution in [2.75, 3.05) is 40.0 Å². The van der Waals surface area contributed by atoms with Gasteiger partial charge < -0.3 is 24.0 Å². The second-order valence-corrected chi connectivity index (χ2v) is 7.14. The minimum Gasteiger partial charge on any atom is -0.497 e. The van der Waals surface area contributed by atoms with Crippen LogP contribution < -0.4 is 9.47 Å². The molecule has 0 unspecified atom stereocenters. The molecule has 7 heteroatoms. The summed E-state index contributed by atoms with van der Waals surface area (Å²) in [6, 6.07) is 5.37. The van der Waals surface area contributed by atoms with Crippen LogP contribution in [-0.2, 0) is 9.53 Å². The van der Waals surface area contributed by atoms with Crippen LogP contribution in [0.1, 0.15) is 24.4 Å². The van der Waals surface area contributed by atoms with Gasteiger partial charge in [-0.05, 0) is 18.6 Å². The zero-order valence-corrected chi connectivity index (χ0v) is 16.8. The third-order valence-corrected chi connectivity index (χ3v) is 5.28. The van der Waals surface area contributed by atoms with Crippen molar-refractivity contribution in [2.45, 2.75) is 18.9 Å². The molecule has 0 radical (unpaired) electrons. The van der Waals surface area contributed by atoms with Crippen molar-refractivity contribution in [3.63, 3.8) is 0 Å². The van der Waals surface area contributed by atoms with Gasteiger partial charge in [-0.2, -0.15) is 0 Å². The van der Waals surface area contributed by atoms with Gasteiger partial charge in [-0.3, -0.25) is 4.79 Å². The van der Waals surface area contributed by atoms with E-state index in [-0.39, 0.29) is 37.4 Å². The Morgan fingerprint density at radius 1 is 1.34 bits per heavy atom. The van der Waals surface area contributed by atoms with E-state index in [1.165, 1.54) is 0 Å². The number of fused-ring (bicyclic) bond motifs is 3. The molecule has 0 bridgehead atoms. The fraction of sp³-hybridized carbons (Fsp3) is 0.455. The molecule has 2 heterocycles. The Kier molecular flexibility index (Phi) is 6.80. The highest BCUT2D eigenvalue weighted by atomic mass is 16.6. The molecule has 0 N–H and O–H groups in total. The zero-order chi connectivity index (χ0) is 20.8. The van der Waals surface area contributed by atoms with Gasteiger partial charge in [0.2, 0.25) is 5.91 Å². The van der Waals surface area contributed by atoms with E-state index in [2.05, 4.69) is 13.2 Å². The summed E-state index contributed by atoms with van der Waals surface area (Å²) in [6.07, 6.45) is 3.82. The van der Waals surface area contributed by atoms with Crippen molar-refractivity contribution < 1.29 is 23.8 Å². The largest absolute Gasteiger partial charge is 0.497 e. The van der Waals surface area contributed by atoms with Crippen LogP contribution in [0.3, 0.4) is 0 Å². The molecular formula is C22H28N2O5. The average molecular weight is 400 g/mol. The molecule has 29 heavy (non-hydrogen) atoms. The summed E-state index contributed by atoms with van der Waals surface area (Å²) in [5, 5.41) is 0. The van der Waals surface area contributed by atoms with Crippen LogP contribution in [0.25, 0.3) is 0 Å². The lowest BCUT2D eigenvalue weighted by Crippen LogP contribution is -2.51. The van der Waals surface area contributed by atoms with E-state index in [4.69, 9.17) is 14.2 Å². The molecule has 7 nitrogen and oxygen atoms in total. The Labute approximate surface area is 171 Å². The molecule has 0 aliphatic carbocycles. The number of carbonyl (C=O) groups is 2. The molecule has 0 aromatic heterocycles. The fourth-order valence-electron chi connectivity index (χ4n) is 3.88. The zero-order valence-electron chi connectivity index (χ0n) is 16.8. The molecule has 1 aromatic carbocycles. The normalized spacial score (nSPS) is 21.1. The molecule has 156 valence electrons. The average Bonchev–Trinajstić information content (AvgIpc) is 2.72. The van der Waals surface area contributed by atoms with E-state index in [1.54, 1.807) is 29.1 Å². The number of nitrogens with zero attached hydrogens (tertiary/aromatic N) is 2. The molecule has 1 saturated heterocycles. The molecule has 0 spiro atoms. The van der Waals surface area contributed by atoms with Crippen LogP contribution in [-0.4, -0.2) is 61.8 Å². The monoisotopic (exact) mass is 400 g/mol. The quantitative estimate of drug-likeness (QED) is 0.542. The Morgan fingerprint density at radius 2 is 2.17 bits per heavy atom. The topological polar surface area (TPSA) is 68.3 Å². The van der Waals surface area contributed by atoms with Crippen molar-refractivity contribution in [1.82, 2.24) is 9.80 Å². The molecule has 0 saturated carbocycles. The first-order chi connectivity index (χ1) is 14.1. The molecule has 2 aliphatic heterocycles. The SMILES string of the molecule is C=CCCOC(=O)N1CCC(=O)N(CC=C)C[C@H]2COc3cc(OC)ccc3[C@H]21. The predicted octanol–water partition coefficient (Wildman–Crippen LogP) is 3.18. The second-order valence-electron chi connectivity index (χ2n) is 7.14. The first kappa shape index (κ1) is 20.8. The van der Waals surface area contributed by atoms with E-state index in [9.17, 15) is 9.59 Å². The van der Waals surface area contributed by atoms with Crippen LogP contribution in [0.5, 0.6) is 11.5 Å². The molecule has 3 rings (SSSR count). The number of hydrogen-bond acceptors (Lipinski definition) is 5. The van der Waals surface area contributed by atoms with Gasteiger partial charge in [0.05, 0.1) is 26.4 Å². The highest BCUT2D eigenvalue weighted by Gasteiger charge is 2.41. The summed E-state index contributed by atoms with van der Waals surface area (Å²) in [7, 11) is 1.60. The Bertz CT molecular complexity index is 778. The maximum atomic E-state index is 12.9. The standard InChI is InChI=1S/C22H28N2O5/c1-4-6-12-28-22(26)24-11-9-20(25)23(10-5-2)14-16-15-29-19-13-17(27-3)7-8-18(19)21(16)24/h4-5,7-8,13,16,21H,1-2,6,9-12,14-15H2,3H3/t16-,21-/m0/s1. The minimum atomic E-state index is -0.421. The predicted molar refractivity (Wildman–Crippen MR) is 109 cm³/mol. The van der Waals surface area contributed by atoms with Gasteiger partial charge in [0.1, 0.15) is 11.5 Å². The van der Waals surface area contributed by atoms with Crippen molar-refractivity contribution in [1.29, 1.82) is 0 Å². The van der Waals surface area contributed by atoms with Gasteiger partial charge in [-0.25, -0.2) is 4.79 Å². The first-order valence-electron chi connectivity index (χ1n) is 9.82. The van der Waals surface area contributed by atoms with Gasteiger partial charge in [-0.15, -0.1) is 13.2 Å². The maximum absolute atomic E-state index is 12.9. The van der Waals surface area contributed by atoms with Crippen LogP contribution in [0, 0.1) is 5.92 Å². The van der Waals surface area contributed by atoms with Crippen LogP contribution in [0.2, 0.25) is 0 Å². The highest BCUT2D eigenvalue weighted by molar-refractivity contribution is 5.78. The Balaban J connectivity index is 1.95. The fourth-order valence-corrected chi connectivity index (χ4v) is 3.88. The lowest BCUT2D eigenvalue weighted by molar-refractivity contribution is -0.133. The van der Waals surface area contributed by atoms with Crippen molar-refractivity contribution in [3.05, 3.63) is 49.1 Å². The third kappa shape index (κ3) is 4.55. The molecule has 1 fully saturated rings. The first-order valence-corrected chi connectivity index (χ1v) is 9.82. The number of carbonyl (C=O) groups excluding carboxylic acids is 2. The van der Waals surface area contributed by atoms with E-state index >= 15 is 0 Å². The maximum Gasteiger partial charge on any atom is 0.410 e. The summed E-state index contributed by atoms with van der Waals surface area (Å²) in [5.74, 6) is 1.30. The number of benzene rings is 1. The summed E-state index contributed by atoms with van der Waals surface area (Å²) >= 11 is 0. The molecular weight excluding hydrogens is 372 g/mol. The summed E-state index contributed by atoms with van der Waals surface area (Å²) in [6.45, 7) is 9.30. The van der Waals surface area contributed by atoms with Crippen molar-refractivity contribution >= 4 is 12.0 Å².